The summed E-state index contributed by atoms with van der Waals surface area (Å²) in [7, 11) is -3.44. The second-order valence-electron chi connectivity index (χ2n) is 5.01. The largest absolute Gasteiger partial charge is 0.324 e. The summed E-state index contributed by atoms with van der Waals surface area (Å²) in [5, 5.41) is 11.6. The van der Waals surface area contributed by atoms with Gasteiger partial charge in [-0.25, -0.2) is 8.42 Å². The van der Waals surface area contributed by atoms with E-state index in [0.29, 0.717) is 24.2 Å². The summed E-state index contributed by atoms with van der Waals surface area (Å²) in [6.07, 6.45) is 3.69. The summed E-state index contributed by atoms with van der Waals surface area (Å²) in [5.41, 5.74) is 0.727. The second kappa shape index (κ2) is 8.51. The monoisotopic (exact) mass is 323 g/mol. The number of amides is 1. The van der Waals surface area contributed by atoms with Gasteiger partial charge in [0.25, 0.3) is 0 Å². The van der Waals surface area contributed by atoms with Crippen LogP contribution in [0, 0.1) is 11.3 Å². The molecule has 0 radical (unpaired) electrons. The van der Waals surface area contributed by atoms with Gasteiger partial charge in [0, 0.05) is 6.54 Å². The van der Waals surface area contributed by atoms with Crippen molar-refractivity contribution >= 4 is 21.6 Å². The number of carbonyl (C=O) groups excluding carboxylic acids is 1. The Kier molecular flexibility index (Phi) is 7.02. The van der Waals surface area contributed by atoms with Crippen LogP contribution in [0.3, 0.4) is 0 Å². The molecule has 0 atom stereocenters. The number of hydrogen-bond donors (Lipinski definition) is 1. The molecule has 120 valence electrons. The van der Waals surface area contributed by atoms with E-state index in [1.54, 1.807) is 24.3 Å². The fraction of sp³-hybridized carbons (Fsp3) is 0.467. The van der Waals surface area contributed by atoms with E-state index < -0.39 is 15.9 Å². The molecule has 0 saturated heterocycles. The first kappa shape index (κ1) is 18.1. The minimum absolute atomic E-state index is 0.248. The number of nitriles is 1. The van der Waals surface area contributed by atoms with Crippen LogP contribution in [0.2, 0.25) is 0 Å². The predicted octanol–water partition coefficient (Wildman–Crippen LogP) is 1.95. The molecule has 0 aliphatic carbocycles. The predicted molar refractivity (Wildman–Crippen MR) is 85.7 cm³/mol. The van der Waals surface area contributed by atoms with Crippen LogP contribution in [0.5, 0.6) is 0 Å². The Morgan fingerprint density at radius 3 is 2.59 bits per heavy atom. The summed E-state index contributed by atoms with van der Waals surface area (Å²) < 4.78 is 24.6. The van der Waals surface area contributed by atoms with Crippen LogP contribution in [0.25, 0.3) is 0 Å². The van der Waals surface area contributed by atoms with E-state index >= 15 is 0 Å². The first-order valence-electron chi connectivity index (χ1n) is 7.12. The van der Waals surface area contributed by atoms with E-state index in [2.05, 4.69) is 5.32 Å². The summed E-state index contributed by atoms with van der Waals surface area (Å²) in [4.78, 5) is 12.0. The number of sulfonamides is 1. The van der Waals surface area contributed by atoms with E-state index in [1.165, 1.54) is 0 Å². The maximum atomic E-state index is 12.0. The molecule has 1 N–H and O–H groups in total. The van der Waals surface area contributed by atoms with Gasteiger partial charge in [-0.05, 0) is 18.6 Å². The third-order valence-electron chi connectivity index (χ3n) is 3.12. The van der Waals surface area contributed by atoms with Gasteiger partial charge >= 0.3 is 0 Å². The van der Waals surface area contributed by atoms with Gasteiger partial charge < -0.3 is 5.32 Å². The summed E-state index contributed by atoms with van der Waals surface area (Å²) in [6.45, 7) is 2.10. The van der Waals surface area contributed by atoms with Gasteiger partial charge in [0.1, 0.15) is 6.07 Å². The SMILES string of the molecule is CCCCCN(CC(=O)Nc1ccccc1C#N)S(C)(=O)=O. The van der Waals surface area contributed by atoms with Crippen molar-refractivity contribution in [3.63, 3.8) is 0 Å². The average molecular weight is 323 g/mol. The highest BCUT2D eigenvalue weighted by molar-refractivity contribution is 7.88. The molecule has 0 fully saturated rings. The lowest BCUT2D eigenvalue weighted by Crippen LogP contribution is -2.38. The molecule has 7 heteroatoms. The molecule has 0 aromatic heterocycles. The van der Waals surface area contributed by atoms with E-state index in [0.717, 1.165) is 23.4 Å². The lowest BCUT2D eigenvalue weighted by molar-refractivity contribution is -0.116. The normalized spacial score (nSPS) is 11.2. The van der Waals surface area contributed by atoms with Crippen molar-refractivity contribution in [3.05, 3.63) is 29.8 Å². The van der Waals surface area contributed by atoms with E-state index in [9.17, 15) is 13.2 Å². The second-order valence-corrected chi connectivity index (χ2v) is 6.99. The summed E-state index contributed by atoms with van der Waals surface area (Å²) in [5.74, 6) is -0.454. The summed E-state index contributed by atoms with van der Waals surface area (Å²) in [6, 6.07) is 8.57. The number of hydrogen-bond acceptors (Lipinski definition) is 4. The minimum atomic E-state index is -3.44. The Morgan fingerprint density at radius 2 is 2.00 bits per heavy atom. The standard InChI is InChI=1S/C15H21N3O3S/c1-3-4-7-10-18(22(2,20)21)12-15(19)17-14-9-6-5-8-13(14)11-16/h5-6,8-9H,3-4,7,10,12H2,1-2H3,(H,17,19). The first-order valence-corrected chi connectivity index (χ1v) is 8.97. The van der Waals surface area contributed by atoms with Crippen molar-refractivity contribution in [1.29, 1.82) is 5.26 Å². The van der Waals surface area contributed by atoms with E-state index in [-0.39, 0.29) is 6.54 Å². The quantitative estimate of drug-likeness (QED) is 0.740. The lowest BCUT2D eigenvalue weighted by Gasteiger charge is -2.19. The maximum Gasteiger partial charge on any atom is 0.239 e. The van der Waals surface area contributed by atoms with Crippen LogP contribution in [0.4, 0.5) is 5.69 Å². The topological polar surface area (TPSA) is 90.3 Å². The smallest absolute Gasteiger partial charge is 0.239 e. The highest BCUT2D eigenvalue weighted by Crippen LogP contribution is 2.13. The Hall–Kier alpha value is -1.91. The molecule has 6 nitrogen and oxygen atoms in total. The molecule has 0 aliphatic heterocycles. The number of rotatable bonds is 8. The van der Waals surface area contributed by atoms with Crippen LogP contribution in [-0.4, -0.2) is 38.0 Å². The Balaban J connectivity index is 2.73. The molecular formula is C15H21N3O3S. The number of benzene rings is 1. The van der Waals surface area contributed by atoms with E-state index in [4.69, 9.17) is 5.26 Å². The lowest BCUT2D eigenvalue weighted by atomic mass is 10.2. The molecule has 0 bridgehead atoms. The van der Waals surface area contributed by atoms with Gasteiger partial charge in [-0.15, -0.1) is 0 Å². The zero-order chi connectivity index (χ0) is 16.6. The van der Waals surface area contributed by atoms with Crippen LogP contribution in [-0.2, 0) is 14.8 Å². The fourth-order valence-corrected chi connectivity index (χ4v) is 2.75. The first-order chi connectivity index (χ1) is 10.4. The van der Waals surface area contributed by atoms with Crippen LogP contribution in [0.1, 0.15) is 31.7 Å². The molecule has 22 heavy (non-hydrogen) atoms. The van der Waals surface area contributed by atoms with Crippen molar-refractivity contribution in [2.45, 2.75) is 26.2 Å². The molecular weight excluding hydrogens is 302 g/mol. The molecule has 1 aromatic carbocycles. The van der Waals surface area contributed by atoms with E-state index in [1.807, 2.05) is 13.0 Å². The van der Waals surface area contributed by atoms with Crippen molar-refractivity contribution in [3.8, 4) is 6.07 Å². The molecule has 0 unspecified atom stereocenters. The molecule has 1 rings (SSSR count). The molecule has 0 spiro atoms. The van der Waals surface area contributed by atoms with Crippen molar-refractivity contribution < 1.29 is 13.2 Å². The van der Waals surface area contributed by atoms with Crippen LogP contribution < -0.4 is 5.32 Å². The van der Waals surface area contributed by atoms with Crippen LogP contribution in [0.15, 0.2) is 24.3 Å². The minimum Gasteiger partial charge on any atom is -0.324 e. The van der Waals surface area contributed by atoms with Gasteiger partial charge in [0.2, 0.25) is 15.9 Å². The molecule has 0 saturated carbocycles. The summed E-state index contributed by atoms with van der Waals surface area (Å²) >= 11 is 0. The number of nitrogens with zero attached hydrogens (tertiary/aromatic N) is 2. The van der Waals surface area contributed by atoms with Crippen molar-refractivity contribution in [1.82, 2.24) is 4.31 Å². The Bertz CT molecular complexity index is 650. The maximum absolute atomic E-state index is 12.0. The highest BCUT2D eigenvalue weighted by atomic mass is 32.2. The zero-order valence-corrected chi connectivity index (χ0v) is 13.7. The highest BCUT2D eigenvalue weighted by Gasteiger charge is 2.20. The Labute approximate surface area is 131 Å². The van der Waals surface area contributed by atoms with Crippen molar-refractivity contribution in [2.24, 2.45) is 0 Å². The third-order valence-corrected chi connectivity index (χ3v) is 4.37. The number of unbranched alkanes of at least 4 members (excludes halogenated alkanes) is 2. The van der Waals surface area contributed by atoms with Gasteiger partial charge in [-0.1, -0.05) is 31.9 Å². The Morgan fingerprint density at radius 1 is 1.32 bits per heavy atom. The average Bonchev–Trinajstić information content (AvgIpc) is 2.46. The molecule has 0 aliphatic rings. The number of nitrogens with one attached hydrogen (secondary N) is 1. The van der Waals surface area contributed by atoms with Crippen molar-refractivity contribution in [2.75, 3.05) is 24.7 Å². The molecule has 1 aromatic rings. The van der Waals surface area contributed by atoms with Gasteiger partial charge in [0.15, 0.2) is 0 Å². The number of anilines is 1. The third kappa shape index (κ3) is 5.84. The molecule has 1 amide bonds. The van der Waals surface area contributed by atoms with Gasteiger partial charge in [-0.3, -0.25) is 4.79 Å². The number of para-hydroxylation sites is 1. The van der Waals surface area contributed by atoms with Gasteiger partial charge in [0.05, 0.1) is 24.1 Å². The van der Waals surface area contributed by atoms with Crippen LogP contribution >= 0.6 is 0 Å². The molecule has 0 heterocycles. The fourth-order valence-electron chi connectivity index (χ4n) is 1.94. The number of carbonyl (C=O) groups is 1. The zero-order valence-electron chi connectivity index (χ0n) is 12.9. The van der Waals surface area contributed by atoms with Gasteiger partial charge in [-0.2, -0.15) is 9.57 Å².